The molecule has 2 heteroatoms. The molecule has 1 aliphatic heterocycles. The Morgan fingerprint density at radius 1 is 1.58 bits per heavy atom. The summed E-state index contributed by atoms with van der Waals surface area (Å²) in [5.41, 5.74) is 2.62. The highest BCUT2D eigenvalue weighted by Gasteiger charge is 2.22. The molecule has 0 spiro atoms. The average molecular weight is 162 g/mol. The van der Waals surface area contributed by atoms with Gasteiger partial charge in [0.25, 0.3) is 0 Å². The first-order chi connectivity index (χ1) is 5.77. The Bertz CT molecular complexity index is 256. The van der Waals surface area contributed by atoms with Crippen LogP contribution in [0.4, 0.5) is 5.69 Å². The first-order valence-electron chi connectivity index (χ1n) is 4.47. The van der Waals surface area contributed by atoms with Crippen molar-refractivity contribution in [3.63, 3.8) is 0 Å². The monoisotopic (exact) mass is 162 g/mol. The van der Waals surface area contributed by atoms with Gasteiger partial charge in [-0.3, -0.25) is 4.98 Å². The van der Waals surface area contributed by atoms with Crippen LogP contribution in [0.15, 0.2) is 18.5 Å². The van der Waals surface area contributed by atoms with Gasteiger partial charge in [-0.25, -0.2) is 0 Å². The summed E-state index contributed by atoms with van der Waals surface area (Å²) in [6, 6.07) is 2.70. The van der Waals surface area contributed by atoms with Crippen LogP contribution in [0, 0.1) is 5.92 Å². The van der Waals surface area contributed by atoms with Crippen LogP contribution in [-0.2, 0) is 6.42 Å². The van der Waals surface area contributed by atoms with E-state index in [-0.39, 0.29) is 0 Å². The molecule has 1 unspecified atom stereocenters. The average Bonchev–Trinajstić information content (AvgIpc) is 2.46. The Kier molecular flexibility index (Phi) is 1.75. The second kappa shape index (κ2) is 2.77. The van der Waals surface area contributed by atoms with Crippen molar-refractivity contribution in [2.24, 2.45) is 5.92 Å². The molecule has 0 aromatic carbocycles. The second-order valence-electron chi connectivity index (χ2n) is 3.73. The second-order valence-corrected chi connectivity index (χ2v) is 3.73. The van der Waals surface area contributed by atoms with Crippen LogP contribution >= 0.6 is 0 Å². The predicted octanol–water partition coefficient (Wildman–Crippen LogP) is 2.07. The molecule has 1 aliphatic rings. The predicted molar refractivity (Wildman–Crippen MR) is 50.2 cm³/mol. The van der Waals surface area contributed by atoms with E-state index in [9.17, 15) is 0 Å². The van der Waals surface area contributed by atoms with Crippen LogP contribution in [0.1, 0.15) is 19.4 Å². The Hall–Kier alpha value is -1.05. The maximum Gasteiger partial charge on any atom is 0.0562 e. The van der Waals surface area contributed by atoms with Crippen LogP contribution in [0.25, 0.3) is 0 Å². The molecule has 0 saturated carbocycles. The molecule has 2 heterocycles. The third-order valence-electron chi connectivity index (χ3n) is 2.50. The Labute approximate surface area is 73.0 Å². The van der Waals surface area contributed by atoms with Gasteiger partial charge in [-0.15, -0.1) is 0 Å². The summed E-state index contributed by atoms with van der Waals surface area (Å²) in [5, 5.41) is 3.47. The lowest BCUT2D eigenvalue weighted by Crippen LogP contribution is -2.21. The minimum Gasteiger partial charge on any atom is -0.380 e. The van der Waals surface area contributed by atoms with Gasteiger partial charge in [0.1, 0.15) is 0 Å². The van der Waals surface area contributed by atoms with E-state index >= 15 is 0 Å². The number of hydrogen-bond acceptors (Lipinski definition) is 2. The van der Waals surface area contributed by atoms with Crippen molar-refractivity contribution >= 4 is 5.69 Å². The smallest absolute Gasteiger partial charge is 0.0562 e. The SMILES string of the molecule is CC(C)C1Cc2ccncc2N1. The van der Waals surface area contributed by atoms with Gasteiger partial charge in [0.15, 0.2) is 0 Å². The maximum atomic E-state index is 4.09. The highest BCUT2D eigenvalue weighted by molar-refractivity contribution is 5.54. The van der Waals surface area contributed by atoms with E-state index in [4.69, 9.17) is 0 Å². The zero-order chi connectivity index (χ0) is 8.55. The highest BCUT2D eigenvalue weighted by atomic mass is 15.0. The molecular formula is C10H14N2. The van der Waals surface area contributed by atoms with Crippen LogP contribution in [0.5, 0.6) is 0 Å². The van der Waals surface area contributed by atoms with Crippen LogP contribution in [-0.4, -0.2) is 11.0 Å². The fourth-order valence-electron chi connectivity index (χ4n) is 1.62. The third-order valence-corrected chi connectivity index (χ3v) is 2.50. The highest BCUT2D eigenvalue weighted by Crippen LogP contribution is 2.27. The van der Waals surface area contributed by atoms with E-state index in [0.717, 1.165) is 6.42 Å². The topological polar surface area (TPSA) is 24.9 Å². The summed E-state index contributed by atoms with van der Waals surface area (Å²) in [6.45, 7) is 4.49. The summed E-state index contributed by atoms with van der Waals surface area (Å²) in [5.74, 6) is 0.692. The van der Waals surface area contributed by atoms with Crippen molar-refractivity contribution in [2.45, 2.75) is 26.3 Å². The van der Waals surface area contributed by atoms with Crippen molar-refractivity contribution < 1.29 is 0 Å². The normalized spacial score (nSPS) is 20.8. The summed E-state index contributed by atoms with van der Waals surface area (Å²) in [4.78, 5) is 4.09. The standard InChI is InChI=1S/C10H14N2/c1-7(2)9-5-8-3-4-11-6-10(8)12-9/h3-4,6-7,9,12H,5H2,1-2H3. The lowest BCUT2D eigenvalue weighted by Gasteiger charge is -2.14. The molecule has 12 heavy (non-hydrogen) atoms. The number of nitrogens with zero attached hydrogens (tertiary/aromatic N) is 1. The van der Waals surface area contributed by atoms with Gasteiger partial charge < -0.3 is 5.32 Å². The first-order valence-corrected chi connectivity index (χ1v) is 4.47. The van der Waals surface area contributed by atoms with Crippen LogP contribution in [0.3, 0.4) is 0 Å². The quantitative estimate of drug-likeness (QED) is 0.683. The molecule has 0 saturated heterocycles. The molecule has 1 atom stereocenters. The Morgan fingerprint density at radius 3 is 3.08 bits per heavy atom. The molecule has 0 radical (unpaired) electrons. The van der Waals surface area contributed by atoms with Crippen LogP contribution < -0.4 is 5.32 Å². The van der Waals surface area contributed by atoms with Gasteiger partial charge >= 0.3 is 0 Å². The number of rotatable bonds is 1. The van der Waals surface area contributed by atoms with Gasteiger partial charge in [-0.1, -0.05) is 13.8 Å². The molecule has 0 bridgehead atoms. The first kappa shape index (κ1) is 7.59. The zero-order valence-electron chi connectivity index (χ0n) is 7.54. The third kappa shape index (κ3) is 1.17. The number of fused-ring (bicyclic) bond motifs is 1. The summed E-state index contributed by atoms with van der Waals surface area (Å²) in [7, 11) is 0. The number of aromatic nitrogens is 1. The zero-order valence-corrected chi connectivity index (χ0v) is 7.54. The van der Waals surface area contributed by atoms with Crippen molar-refractivity contribution in [2.75, 3.05) is 5.32 Å². The molecule has 1 aromatic rings. The number of hydrogen-bond donors (Lipinski definition) is 1. The van der Waals surface area contributed by atoms with Crippen molar-refractivity contribution in [3.8, 4) is 0 Å². The summed E-state index contributed by atoms with van der Waals surface area (Å²) in [6.07, 6.45) is 4.93. The molecule has 1 aromatic heterocycles. The minimum absolute atomic E-state index is 0.601. The van der Waals surface area contributed by atoms with E-state index in [0.29, 0.717) is 12.0 Å². The number of anilines is 1. The molecule has 0 fully saturated rings. The van der Waals surface area contributed by atoms with E-state index in [2.05, 4.69) is 30.2 Å². The van der Waals surface area contributed by atoms with Gasteiger partial charge in [0.2, 0.25) is 0 Å². The molecule has 0 aliphatic carbocycles. The molecule has 2 rings (SSSR count). The Morgan fingerprint density at radius 2 is 2.42 bits per heavy atom. The van der Waals surface area contributed by atoms with Gasteiger partial charge in [-0.2, -0.15) is 0 Å². The molecule has 1 N–H and O–H groups in total. The molecule has 64 valence electrons. The molecule has 0 amide bonds. The fraction of sp³-hybridized carbons (Fsp3) is 0.500. The summed E-state index contributed by atoms with van der Waals surface area (Å²) < 4.78 is 0. The minimum atomic E-state index is 0.601. The van der Waals surface area contributed by atoms with Gasteiger partial charge in [0, 0.05) is 12.2 Å². The van der Waals surface area contributed by atoms with E-state index in [1.54, 1.807) is 0 Å². The Balaban J connectivity index is 2.22. The largest absolute Gasteiger partial charge is 0.380 e. The van der Waals surface area contributed by atoms with Crippen molar-refractivity contribution in [3.05, 3.63) is 24.0 Å². The van der Waals surface area contributed by atoms with E-state index in [1.807, 2.05) is 12.4 Å². The van der Waals surface area contributed by atoms with Gasteiger partial charge in [0.05, 0.1) is 11.9 Å². The maximum absolute atomic E-state index is 4.09. The van der Waals surface area contributed by atoms with Crippen molar-refractivity contribution in [1.29, 1.82) is 0 Å². The van der Waals surface area contributed by atoms with Crippen molar-refractivity contribution in [1.82, 2.24) is 4.98 Å². The van der Waals surface area contributed by atoms with E-state index < -0.39 is 0 Å². The summed E-state index contributed by atoms with van der Waals surface area (Å²) >= 11 is 0. The lowest BCUT2D eigenvalue weighted by atomic mass is 10.0. The van der Waals surface area contributed by atoms with Gasteiger partial charge in [-0.05, 0) is 24.0 Å². The van der Waals surface area contributed by atoms with E-state index in [1.165, 1.54) is 11.3 Å². The fourth-order valence-corrected chi connectivity index (χ4v) is 1.62. The number of nitrogens with one attached hydrogen (secondary N) is 1. The number of pyridine rings is 1. The van der Waals surface area contributed by atoms with Crippen LogP contribution in [0.2, 0.25) is 0 Å². The molecule has 2 nitrogen and oxygen atoms in total. The lowest BCUT2D eigenvalue weighted by molar-refractivity contribution is 0.538. The molecular weight excluding hydrogens is 148 g/mol.